The van der Waals surface area contributed by atoms with Crippen molar-refractivity contribution in [2.24, 2.45) is 5.73 Å². The van der Waals surface area contributed by atoms with Gasteiger partial charge in [0.2, 0.25) is 10.9 Å². The number of hydrogen-bond donors (Lipinski definition) is 5. The molecule has 0 radical (unpaired) electrons. The van der Waals surface area contributed by atoms with Crippen LogP contribution in [0.15, 0.2) is 58.4 Å². The van der Waals surface area contributed by atoms with E-state index in [1.807, 2.05) is 13.8 Å². The van der Waals surface area contributed by atoms with Gasteiger partial charge in [-0.25, -0.2) is 19.2 Å². The third-order valence-electron chi connectivity index (χ3n) is 8.28. The van der Waals surface area contributed by atoms with E-state index in [9.17, 15) is 47.4 Å². The number of carbonyl (C=O) groups excluding carboxylic acids is 1. The van der Waals surface area contributed by atoms with Crippen LogP contribution in [0.5, 0.6) is 0 Å². The van der Waals surface area contributed by atoms with Gasteiger partial charge < -0.3 is 59.2 Å². The Kier molecular flexibility index (Phi) is 23.1. The molecule has 0 spiro atoms. The maximum atomic E-state index is 12.5. The monoisotopic (exact) mass is 930 g/mol. The van der Waals surface area contributed by atoms with Crippen LogP contribution in [0.2, 0.25) is 0 Å². The minimum atomic E-state index is -5.08. The van der Waals surface area contributed by atoms with Gasteiger partial charge in [0.15, 0.2) is 0 Å². The topological polar surface area (TPSA) is 257 Å². The average Bonchev–Trinajstić information content (AvgIpc) is 3.25. The smallest absolute Gasteiger partial charge is 0.477 e. The van der Waals surface area contributed by atoms with Crippen LogP contribution in [0, 0.1) is 23.7 Å². The van der Waals surface area contributed by atoms with Crippen LogP contribution in [-0.2, 0) is 41.6 Å². The van der Waals surface area contributed by atoms with Crippen LogP contribution in [0.4, 0.5) is 18.0 Å². The Labute approximate surface area is 377 Å². The molecule has 4 aromatic rings. The van der Waals surface area contributed by atoms with Crippen molar-refractivity contribution in [1.82, 2.24) is 14.5 Å². The van der Waals surface area contributed by atoms with Gasteiger partial charge in [-0.15, -0.1) is 0 Å². The molecule has 0 saturated heterocycles. The highest BCUT2D eigenvalue weighted by Gasteiger charge is 2.38. The summed E-state index contributed by atoms with van der Waals surface area (Å²) in [7, 11) is 0. The molecule has 0 aliphatic carbocycles. The highest BCUT2D eigenvalue weighted by Crippen LogP contribution is 2.16. The van der Waals surface area contributed by atoms with Crippen molar-refractivity contribution in [2.75, 3.05) is 65.9 Å². The summed E-state index contributed by atoms with van der Waals surface area (Å²) in [5, 5.41) is 28.9. The number of nitrogens with one attached hydrogen (secondary N) is 1. The Hall–Kier alpha value is -6.75. The zero-order valence-electron chi connectivity index (χ0n) is 37.0. The van der Waals surface area contributed by atoms with Gasteiger partial charge in [-0.2, -0.15) is 13.2 Å². The standard InChI is InChI=1S/C24H30N2O7.C19H22N2O5.C2HF3O2/c1-5-26-16-19(22(28)29)21(27)18-15-17(8-9-20(18)26)7-6-11-31-13-14-32-12-10-25-23(30)33-24(2,3)4;1-2-21-13-16(19(23)24)18(22)15-12-14(5-6-17(15)21)4-3-8-25-10-11-26-9-7-20;3-2(4,5)1(6)7/h8-9,15-16H,5,10-14H2,1-4H3,(H,25,30)(H,28,29);5-6,12-13H,2,7-11,20H2,1H3,(H,23,24);(H,6,7). The van der Waals surface area contributed by atoms with E-state index in [2.05, 4.69) is 29.0 Å². The lowest BCUT2D eigenvalue weighted by molar-refractivity contribution is -0.192. The number of carboxylic acid groups (broad SMARTS) is 3. The summed E-state index contributed by atoms with van der Waals surface area (Å²) in [4.78, 5) is 67.9. The highest BCUT2D eigenvalue weighted by atomic mass is 19.4. The number of aryl methyl sites for hydroxylation is 2. The maximum Gasteiger partial charge on any atom is 0.490 e. The van der Waals surface area contributed by atoms with Gasteiger partial charge in [-0.05, 0) is 71.0 Å². The molecule has 358 valence electrons. The molecule has 0 atom stereocenters. The normalized spacial score (nSPS) is 10.9. The summed E-state index contributed by atoms with van der Waals surface area (Å²) in [6.07, 6.45) is -2.83. The Bertz CT molecular complexity index is 2540. The molecule has 0 bridgehead atoms. The third kappa shape index (κ3) is 19.2. The number of alkyl halides is 3. The van der Waals surface area contributed by atoms with Crippen molar-refractivity contribution in [3.8, 4) is 23.7 Å². The van der Waals surface area contributed by atoms with E-state index in [-0.39, 0.29) is 24.3 Å². The molecule has 6 N–H and O–H groups in total. The fourth-order valence-corrected chi connectivity index (χ4v) is 5.36. The molecule has 21 heteroatoms. The van der Waals surface area contributed by atoms with Crippen molar-refractivity contribution in [2.45, 2.75) is 59.5 Å². The molecule has 18 nitrogen and oxygen atoms in total. The summed E-state index contributed by atoms with van der Waals surface area (Å²) < 4.78 is 61.6. The number of carbonyl (C=O) groups is 4. The van der Waals surface area contributed by atoms with Crippen LogP contribution in [0.25, 0.3) is 21.8 Å². The lowest BCUT2D eigenvalue weighted by Crippen LogP contribution is -2.34. The number of carboxylic acids is 3. The van der Waals surface area contributed by atoms with Gasteiger partial charge >= 0.3 is 30.2 Å². The molecule has 2 aromatic heterocycles. The Morgan fingerprint density at radius 3 is 1.45 bits per heavy atom. The van der Waals surface area contributed by atoms with E-state index < -0.39 is 46.6 Å². The summed E-state index contributed by atoms with van der Waals surface area (Å²) in [5.41, 5.74) is 5.79. The fourth-order valence-electron chi connectivity index (χ4n) is 5.36. The van der Waals surface area contributed by atoms with Crippen molar-refractivity contribution in [3.63, 3.8) is 0 Å². The van der Waals surface area contributed by atoms with Gasteiger partial charge in [-0.1, -0.05) is 23.7 Å². The maximum absolute atomic E-state index is 12.5. The minimum Gasteiger partial charge on any atom is -0.477 e. The zero-order valence-corrected chi connectivity index (χ0v) is 37.0. The van der Waals surface area contributed by atoms with E-state index in [0.29, 0.717) is 98.8 Å². The van der Waals surface area contributed by atoms with Crippen molar-refractivity contribution >= 4 is 45.8 Å². The predicted octanol–water partition coefficient (Wildman–Crippen LogP) is 4.33. The molecule has 0 saturated carbocycles. The minimum absolute atomic E-state index is 0.173. The first kappa shape index (κ1) is 55.4. The number of pyridine rings is 2. The van der Waals surface area contributed by atoms with Gasteiger partial charge in [0.25, 0.3) is 0 Å². The van der Waals surface area contributed by atoms with Crippen LogP contribution in [0.1, 0.15) is 66.5 Å². The zero-order chi connectivity index (χ0) is 49.5. The van der Waals surface area contributed by atoms with E-state index in [0.717, 1.165) is 0 Å². The molecular formula is C45H53F3N4O14. The Balaban J connectivity index is 0.000000404. The number of amides is 1. The Morgan fingerprint density at radius 1 is 0.682 bits per heavy atom. The number of aromatic carboxylic acids is 2. The second kappa shape index (κ2) is 27.5. The molecule has 66 heavy (non-hydrogen) atoms. The van der Waals surface area contributed by atoms with E-state index in [1.54, 1.807) is 66.3 Å². The van der Waals surface area contributed by atoms with Crippen LogP contribution < -0.4 is 21.9 Å². The van der Waals surface area contributed by atoms with Crippen LogP contribution in [0.3, 0.4) is 0 Å². The Morgan fingerprint density at radius 2 is 1.09 bits per heavy atom. The van der Waals surface area contributed by atoms with Gasteiger partial charge in [-0.3, -0.25) is 9.59 Å². The molecule has 1 amide bonds. The second-order valence-corrected chi connectivity index (χ2v) is 14.3. The first-order chi connectivity index (χ1) is 31.1. The summed E-state index contributed by atoms with van der Waals surface area (Å²) in [5.74, 6) is 6.32. The van der Waals surface area contributed by atoms with E-state index in [1.165, 1.54) is 12.4 Å². The highest BCUT2D eigenvalue weighted by molar-refractivity contribution is 5.94. The van der Waals surface area contributed by atoms with Crippen molar-refractivity contribution in [1.29, 1.82) is 0 Å². The van der Waals surface area contributed by atoms with Gasteiger partial charge in [0, 0.05) is 60.5 Å². The van der Waals surface area contributed by atoms with Crippen LogP contribution >= 0.6 is 0 Å². The lowest BCUT2D eigenvalue weighted by atomic mass is 10.1. The number of rotatable bonds is 17. The quantitative estimate of drug-likeness (QED) is 0.0730. The number of fused-ring (bicyclic) bond motifs is 2. The van der Waals surface area contributed by atoms with E-state index >= 15 is 0 Å². The number of aliphatic carboxylic acids is 1. The first-order valence-electron chi connectivity index (χ1n) is 20.2. The number of alkyl carbamates (subject to hydrolysis) is 1. The molecule has 0 aliphatic heterocycles. The summed E-state index contributed by atoms with van der Waals surface area (Å²) in [6.45, 7) is 13.9. The SMILES string of the molecule is CCn1cc(C(=O)O)c(=O)c2cc(C#CCOCCOCCN)ccc21.CCn1cc(C(=O)O)c(=O)c2cc(C#CCOCCOCCNC(=O)OC(C)(C)C)ccc21.O=C(O)C(F)(F)F. The number of hydrogen-bond acceptors (Lipinski definition) is 12. The molecular weight excluding hydrogens is 878 g/mol. The number of aromatic nitrogens is 2. The number of halogens is 3. The molecule has 2 heterocycles. The predicted molar refractivity (Wildman–Crippen MR) is 236 cm³/mol. The average molecular weight is 931 g/mol. The molecule has 0 fully saturated rings. The molecule has 4 rings (SSSR count). The lowest BCUT2D eigenvalue weighted by Gasteiger charge is -2.19. The van der Waals surface area contributed by atoms with Gasteiger partial charge in [0.05, 0.1) is 50.7 Å². The first-order valence-corrected chi connectivity index (χ1v) is 20.2. The van der Waals surface area contributed by atoms with Crippen LogP contribution in [-0.4, -0.2) is 126 Å². The van der Waals surface area contributed by atoms with Crippen molar-refractivity contribution < 1.29 is 71.4 Å². The largest absolute Gasteiger partial charge is 0.490 e. The third-order valence-corrected chi connectivity index (χ3v) is 8.28. The van der Waals surface area contributed by atoms with Gasteiger partial charge in [0.1, 0.15) is 29.9 Å². The summed E-state index contributed by atoms with van der Waals surface area (Å²) >= 11 is 0. The number of nitrogens with zero attached hydrogens (tertiary/aromatic N) is 2. The number of ether oxygens (including phenoxy) is 5. The molecule has 0 aliphatic rings. The molecule has 0 unspecified atom stereocenters. The second-order valence-electron chi connectivity index (χ2n) is 14.3. The molecule has 2 aromatic carbocycles. The fraction of sp³-hybridized carbons (Fsp3) is 0.422. The van der Waals surface area contributed by atoms with E-state index in [4.69, 9.17) is 39.3 Å². The van der Waals surface area contributed by atoms with Crippen molar-refractivity contribution in [3.05, 3.63) is 91.5 Å². The number of nitrogens with two attached hydrogens (primary N) is 1. The summed E-state index contributed by atoms with van der Waals surface area (Å²) in [6, 6.07) is 10.3. The number of benzene rings is 2.